The lowest BCUT2D eigenvalue weighted by atomic mass is 9.99. The van der Waals surface area contributed by atoms with Crippen LogP contribution in [0.3, 0.4) is 0 Å². The molecule has 2 aromatic heterocycles. The minimum atomic E-state index is 0.543. The monoisotopic (exact) mass is 245 g/mol. The van der Waals surface area contributed by atoms with E-state index in [4.69, 9.17) is 0 Å². The Morgan fingerprint density at radius 3 is 3.33 bits per heavy atom. The number of nitrogens with one attached hydrogen (secondary N) is 2. The summed E-state index contributed by atoms with van der Waals surface area (Å²) in [4.78, 5) is 4.48. The molecule has 0 radical (unpaired) electrons. The first-order chi connectivity index (χ1) is 8.84. The fourth-order valence-electron chi connectivity index (χ4n) is 2.64. The van der Waals surface area contributed by atoms with Gasteiger partial charge in [-0.2, -0.15) is 5.10 Å². The molecule has 0 fully saturated rings. The predicted octanol–water partition coefficient (Wildman–Crippen LogP) is 1.58. The molecular formula is C13H19N5. The molecule has 3 heterocycles. The van der Waals surface area contributed by atoms with Crippen molar-refractivity contribution in [2.75, 3.05) is 6.54 Å². The SMILES string of the molecule is Cc1[nH]ncc1CNC[C@@H]1CCCn2ccnc21. The summed E-state index contributed by atoms with van der Waals surface area (Å²) in [6, 6.07) is 0. The number of fused-ring (bicyclic) bond motifs is 1. The van der Waals surface area contributed by atoms with Gasteiger partial charge in [-0.05, 0) is 19.8 Å². The zero-order valence-corrected chi connectivity index (χ0v) is 10.7. The third-order valence-electron chi connectivity index (χ3n) is 3.70. The molecule has 0 spiro atoms. The van der Waals surface area contributed by atoms with Gasteiger partial charge in [-0.15, -0.1) is 0 Å². The molecule has 0 saturated carbocycles. The smallest absolute Gasteiger partial charge is 0.113 e. The number of nitrogens with zero attached hydrogens (tertiary/aromatic N) is 3. The Labute approximate surface area is 107 Å². The summed E-state index contributed by atoms with van der Waals surface area (Å²) in [5.74, 6) is 1.78. The summed E-state index contributed by atoms with van der Waals surface area (Å²) < 4.78 is 2.28. The van der Waals surface area contributed by atoms with Crippen LogP contribution < -0.4 is 5.32 Å². The van der Waals surface area contributed by atoms with E-state index in [1.165, 1.54) is 24.2 Å². The van der Waals surface area contributed by atoms with E-state index in [1.54, 1.807) is 0 Å². The summed E-state index contributed by atoms with van der Waals surface area (Å²) in [5, 5.41) is 10.5. The molecule has 0 saturated heterocycles. The van der Waals surface area contributed by atoms with Crippen molar-refractivity contribution in [1.82, 2.24) is 25.1 Å². The average molecular weight is 245 g/mol. The second-order valence-electron chi connectivity index (χ2n) is 4.97. The lowest BCUT2D eigenvalue weighted by Crippen LogP contribution is -2.26. The molecule has 1 aliphatic heterocycles. The topological polar surface area (TPSA) is 58.5 Å². The van der Waals surface area contributed by atoms with Crippen LogP contribution in [0.15, 0.2) is 18.6 Å². The quantitative estimate of drug-likeness (QED) is 0.860. The third-order valence-corrected chi connectivity index (χ3v) is 3.70. The maximum absolute atomic E-state index is 4.48. The van der Waals surface area contributed by atoms with Gasteiger partial charge in [0.15, 0.2) is 0 Å². The van der Waals surface area contributed by atoms with E-state index < -0.39 is 0 Å². The number of aryl methyl sites for hydroxylation is 2. The van der Waals surface area contributed by atoms with E-state index in [0.717, 1.165) is 25.3 Å². The van der Waals surface area contributed by atoms with Crippen LogP contribution in [-0.2, 0) is 13.1 Å². The third kappa shape index (κ3) is 2.18. The number of imidazole rings is 1. The standard InChI is InChI=1S/C13H19N5/c1-10-12(9-16-17-10)8-14-7-11-3-2-5-18-6-4-15-13(11)18/h4,6,9,11,14H,2-3,5,7-8H2,1H3,(H,16,17)/t11-/m0/s1. The summed E-state index contributed by atoms with van der Waals surface area (Å²) in [6.07, 6.45) is 8.37. The van der Waals surface area contributed by atoms with Crippen LogP contribution in [0.2, 0.25) is 0 Å². The van der Waals surface area contributed by atoms with Crippen LogP contribution in [-0.4, -0.2) is 26.3 Å². The number of hydrogen-bond donors (Lipinski definition) is 2. The Morgan fingerprint density at radius 2 is 2.50 bits per heavy atom. The number of hydrogen-bond acceptors (Lipinski definition) is 3. The van der Waals surface area contributed by atoms with Crippen molar-refractivity contribution < 1.29 is 0 Å². The van der Waals surface area contributed by atoms with Gasteiger partial charge in [0.25, 0.3) is 0 Å². The molecule has 5 heteroatoms. The van der Waals surface area contributed by atoms with E-state index >= 15 is 0 Å². The second-order valence-corrected chi connectivity index (χ2v) is 4.97. The summed E-state index contributed by atoms with van der Waals surface area (Å²) >= 11 is 0. The van der Waals surface area contributed by atoms with Gasteiger partial charge in [0, 0.05) is 49.2 Å². The highest BCUT2D eigenvalue weighted by atomic mass is 15.1. The van der Waals surface area contributed by atoms with Gasteiger partial charge in [0.05, 0.1) is 6.20 Å². The largest absolute Gasteiger partial charge is 0.335 e. The Kier molecular flexibility index (Phi) is 3.15. The van der Waals surface area contributed by atoms with E-state index in [-0.39, 0.29) is 0 Å². The average Bonchev–Trinajstić information content (AvgIpc) is 2.99. The highest BCUT2D eigenvalue weighted by Gasteiger charge is 2.20. The normalized spacial score (nSPS) is 18.8. The molecule has 96 valence electrons. The van der Waals surface area contributed by atoms with Crippen molar-refractivity contribution >= 4 is 0 Å². The van der Waals surface area contributed by atoms with Crippen molar-refractivity contribution in [3.63, 3.8) is 0 Å². The fraction of sp³-hybridized carbons (Fsp3) is 0.538. The minimum absolute atomic E-state index is 0.543. The van der Waals surface area contributed by atoms with E-state index in [1.807, 2.05) is 12.4 Å². The van der Waals surface area contributed by atoms with Gasteiger partial charge < -0.3 is 9.88 Å². The van der Waals surface area contributed by atoms with Crippen LogP contribution in [0.1, 0.15) is 35.8 Å². The zero-order valence-electron chi connectivity index (χ0n) is 10.7. The van der Waals surface area contributed by atoms with E-state index in [2.05, 4.69) is 38.2 Å². The molecule has 0 bridgehead atoms. The van der Waals surface area contributed by atoms with Gasteiger partial charge in [0.2, 0.25) is 0 Å². The van der Waals surface area contributed by atoms with E-state index in [0.29, 0.717) is 5.92 Å². The van der Waals surface area contributed by atoms with Crippen LogP contribution >= 0.6 is 0 Å². The molecule has 0 aromatic carbocycles. The fourth-order valence-corrected chi connectivity index (χ4v) is 2.64. The molecule has 5 nitrogen and oxygen atoms in total. The van der Waals surface area contributed by atoms with Gasteiger partial charge in [-0.1, -0.05) is 0 Å². The highest BCUT2D eigenvalue weighted by molar-refractivity contribution is 5.14. The summed E-state index contributed by atoms with van der Waals surface area (Å²) in [5.41, 5.74) is 2.39. The van der Waals surface area contributed by atoms with Gasteiger partial charge >= 0.3 is 0 Å². The minimum Gasteiger partial charge on any atom is -0.335 e. The van der Waals surface area contributed by atoms with Gasteiger partial charge in [0.1, 0.15) is 5.82 Å². The van der Waals surface area contributed by atoms with Crippen molar-refractivity contribution in [1.29, 1.82) is 0 Å². The lowest BCUT2D eigenvalue weighted by Gasteiger charge is -2.23. The van der Waals surface area contributed by atoms with Crippen LogP contribution in [0.25, 0.3) is 0 Å². The molecule has 2 aromatic rings. The van der Waals surface area contributed by atoms with Crippen molar-refractivity contribution in [2.24, 2.45) is 0 Å². The summed E-state index contributed by atoms with van der Waals surface area (Å²) in [7, 11) is 0. The predicted molar refractivity (Wildman–Crippen MR) is 69.2 cm³/mol. The first kappa shape index (κ1) is 11.5. The molecule has 0 amide bonds. The first-order valence-electron chi connectivity index (χ1n) is 6.55. The van der Waals surface area contributed by atoms with Crippen molar-refractivity contribution in [3.8, 4) is 0 Å². The van der Waals surface area contributed by atoms with Crippen LogP contribution in [0, 0.1) is 6.92 Å². The Hall–Kier alpha value is -1.62. The number of aromatic nitrogens is 4. The van der Waals surface area contributed by atoms with Crippen molar-refractivity contribution in [3.05, 3.63) is 35.7 Å². The molecule has 1 aliphatic rings. The maximum atomic E-state index is 4.48. The maximum Gasteiger partial charge on any atom is 0.113 e. The van der Waals surface area contributed by atoms with E-state index in [9.17, 15) is 0 Å². The molecule has 0 aliphatic carbocycles. The highest BCUT2D eigenvalue weighted by Crippen LogP contribution is 2.24. The second kappa shape index (κ2) is 4.94. The number of rotatable bonds is 4. The zero-order chi connectivity index (χ0) is 12.4. The Bertz CT molecular complexity index is 513. The van der Waals surface area contributed by atoms with Crippen LogP contribution in [0.4, 0.5) is 0 Å². The molecule has 0 unspecified atom stereocenters. The molecule has 3 rings (SSSR count). The lowest BCUT2D eigenvalue weighted by molar-refractivity contribution is 0.423. The van der Waals surface area contributed by atoms with Crippen molar-refractivity contribution in [2.45, 2.75) is 38.8 Å². The number of aromatic amines is 1. The van der Waals surface area contributed by atoms with Gasteiger partial charge in [-0.25, -0.2) is 4.98 Å². The molecule has 1 atom stereocenters. The molecular weight excluding hydrogens is 226 g/mol. The molecule has 18 heavy (non-hydrogen) atoms. The van der Waals surface area contributed by atoms with Gasteiger partial charge in [-0.3, -0.25) is 5.10 Å². The Balaban J connectivity index is 1.57. The van der Waals surface area contributed by atoms with Crippen LogP contribution in [0.5, 0.6) is 0 Å². The number of H-pyrrole nitrogens is 1. The molecule has 2 N–H and O–H groups in total. The first-order valence-corrected chi connectivity index (χ1v) is 6.55. The Morgan fingerprint density at radius 1 is 1.56 bits per heavy atom. The summed E-state index contributed by atoms with van der Waals surface area (Å²) in [6.45, 7) is 5.03.